The van der Waals surface area contributed by atoms with Crippen molar-refractivity contribution in [1.82, 2.24) is 10.6 Å². The highest BCUT2D eigenvalue weighted by atomic mass is 19.1. The average Bonchev–Trinajstić information content (AvgIpc) is 2.42. The van der Waals surface area contributed by atoms with Gasteiger partial charge in [-0.3, -0.25) is 4.79 Å². The minimum atomic E-state index is -1.33. The Morgan fingerprint density at radius 3 is 2.43 bits per heavy atom. The van der Waals surface area contributed by atoms with Crippen molar-refractivity contribution in [3.8, 4) is 0 Å². The summed E-state index contributed by atoms with van der Waals surface area (Å²) >= 11 is 0. The Balaban J connectivity index is 2.37. The summed E-state index contributed by atoms with van der Waals surface area (Å²) in [5.41, 5.74) is -0.846. The van der Waals surface area contributed by atoms with E-state index in [2.05, 4.69) is 10.6 Å². The summed E-state index contributed by atoms with van der Waals surface area (Å²) < 4.78 is 12.8. The van der Waals surface area contributed by atoms with E-state index in [-0.39, 0.29) is 19.5 Å². The van der Waals surface area contributed by atoms with Crippen molar-refractivity contribution in [2.45, 2.75) is 25.4 Å². The summed E-state index contributed by atoms with van der Waals surface area (Å²) in [5.74, 6) is -1.32. The molecule has 4 N–H and O–H groups in total. The van der Waals surface area contributed by atoms with Crippen molar-refractivity contribution in [2.75, 3.05) is 13.1 Å². The summed E-state index contributed by atoms with van der Waals surface area (Å²) in [6.45, 7) is 1.69. The molecule has 0 radical (unpaired) electrons. The van der Waals surface area contributed by atoms with Crippen LogP contribution in [0.5, 0.6) is 0 Å². The van der Waals surface area contributed by atoms with E-state index in [4.69, 9.17) is 5.11 Å². The van der Waals surface area contributed by atoms with Crippen LogP contribution >= 0.6 is 0 Å². The number of urea groups is 1. The van der Waals surface area contributed by atoms with Crippen molar-refractivity contribution < 1.29 is 24.2 Å². The topological polar surface area (TPSA) is 98.7 Å². The SMILES string of the molecule is CC(O)(CNC(=O)NCCCC(=O)O)c1ccc(F)cc1. The van der Waals surface area contributed by atoms with Crippen molar-refractivity contribution in [3.05, 3.63) is 35.6 Å². The molecule has 1 aromatic carbocycles. The van der Waals surface area contributed by atoms with Crippen LogP contribution in [-0.2, 0) is 10.4 Å². The number of halogens is 1. The highest BCUT2D eigenvalue weighted by Gasteiger charge is 2.23. The smallest absolute Gasteiger partial charge is 0.314 e. The van der Waals surface area contributed by atoms with Gasteiger partial charge in [0.1, 0.15) is 11.4 Å². The number of amides is 2. The standard InChI is InChI=1S/C14H19FN2O4/c1-14(21,10-4-6-11(15)7-5-10)9-17-13(20)16-8-2-3-12(18)19/h4-7,21H,2-3,8-9H2,1H3,(H,18,19)(H2,16,17,20). The number of hydrogen-bond donors (Lipinski definition) is 4. The summed E-state index contributed by atoms with van der Waals surface area (Å²) in [6.07, 6.45) is 0.310. The Kier molecular flexibility index (Phi) is 6.10. The quantitative estimate of drug-likeness (QED) is 0.568. The van der Waals surface area contributed by atoms with Crippen LogP contribution in [0.1, 0.15) is 25.3 Å². The number of carboxylic acids is 1. The first-order chi connectivity index (χ1) is 9.81. The number of carbonyl (C=O) groups is 2. The average molecular weight is 298 g/mol. The normalized spacial score (nSPS) is 13.3. The fourth-order valence-corrected chi connectivity index (χ4v) is 1.67. The summed E-state index contributed by atoms with van der Waals surface area (Å²) in [4.78, 5) is 21.8. The van der Waals surface area contributed by atoms with Crippen LogP contribution in [0.2, 0.25) is 0 Å². The Labute approximate surface area is 122 Å². The van der Waals surface area contributed by atoms with Crippen LogP contribution in [0, 0.1) is 5.82 Å². The third-order valence-corrected chi connectivity index (χ3v) is 2.91. The second-order valence-electron chi connectivity index (χ2n) is 4.89. The van der Waals surface area contributed by atoms with Gasteiger partial charge in [-0.25, -0.2) is 9.18 Å². The summed E-state index contributed by atoms with van der Waals surface area (Å²) in [7, 11) is 0. The molecule has 0 fully saturated rings. The zero-order valence-electron chi connectivity index (χ0n) is 11.7. The molecule has 0 aliphatic carbocycles. The number of hydrogen-bond acceptors (Lipinski definition) is 3. The molecule has 0 aliphatic heterocycles. The molecule has 1 atom stereocenters. The van der Waals surface area contributed by atoms with Gasteiger partial charge in [0.15, 0.2) is 0 Å². The van der Waals surface area contributed by atoms with Crippen molar-refractivity contribution in [3.63, 3.8) is 0 Å². The van der Waals surface area contributed by atoms with Gasteiger partial charge in [-0.1, -0.05) is 12.1 Å². The van der Waals surface area contributed by atoms with E-state index in [9.17, 15) is 19.1 Å². The maximum Gasteiger partial charge on any atom is 0.314 e. The Morgan fingerprint density at radius 1 is 1.24 bits per heavy atom. The van der Waals surface area contributed by atoms with Gasteiger partial charge in [0.25, 0.3) is 0 Å². The van der Waals surface area contributed by atoms with Crippen LogP contribution in [0.3, 0.4) is 0 Å². The minimum Gasteiger partial charge on any atom is -0.481 e. The first-order valence-corrected chi connectivity index (χ1v) is 6.53. The van der Waals surface area contributed by atoms with Gasteiger partial charge in [0, 0.05) is 13.0 Å². The van der Waals surface area contributed by atoms with Crippen LogP contribution in [0.4, 0.5) is 9.18 Å². The number of rotatable bonds is 7. The monoisotopic (exact) mass is 298 g/mol. The third-order valence-electron chi connectivity index (χ3n) is 2.91. The first-order valence-electron chi connectivity index (χ1n) is 6.53. The Hall–Kier alpha value is -2.15. The number of aliphatic carboxylic acids is 1. The fourth-order valence-electron chi connectivity index (χ4n) is 1.67. The lowest BCUT2D eigenvalue weighted by Crippen LogP contribution is -2.43. The lowest BCUT2D eigenvalue weighted by Gasteiger charge is -2.24. The maximum atomic E-state index is 12.8. The predicted molar refractivity (Wildman–Crippen MR) is 74.2 cm³/mol. The lowest BCUT2D eigenvalue weighted by molar-refractivity contribution is -0.137. The first kappa shape index (κ1) is 16.9. The van der Waals surface area contributed by atoms with Crippen molar-refractivity contribution in [2.24, 2.45) is 0 Å². The summed E-state index contributed by atoms with van der Waals surface area (Å²) in [5, 5.41) is 23.6. The lowest BCUT2D eigenvalue weighted by atomic mass is 9.96. The zero-order chi connectivity index (χ0) is 15.9. The van der Waals surface area contributed by atoms with Gasteiger partial charge in [-0.2, -0.15) is 0 Å². The minimum absolute atomic E-state index is 0.0203. The van der Waals surface area contributed by atoms with Crippen molar-refractivity contribution in [1.29, 1.82) is 0 Å². The van der Waals surface area contributed by atoms with Gasteiger partial charge in [-0.05, 0) is 31.0 Å². The molecular weight excluding hydrogens is 279 g/mol. The number of carboxylic acid groups (broad SMARTS) is 1. The molecule has 0 saturated heterocycles. The van der Waals surface area contributed by atoms with E-state index in [0.717, 1.165) is 0 Å². The molecule has 0 aromatic heterocycles. The van der Waals surface area contributed by atoms with E-state index in [0.29, 0.717) is 12.0 Å². The van der Waals surface area contributed by atoms with Gasteiger partial charge in [0.05, 0.1) is 6.54 Å². The Bertz CT molecular complexity index is 488. The molecular formula is C14H19FN2O4. The largest absolute Gasteiger partial charge is 0.481 e. The summed E-state index contributed by atoms with van der Waals surface area (Å²) in [6, 6.07) is 4.86. The molecule has 0 heterocycles. The number of aliphatic hydroxyl groups is 1. The highest BCUT2D eigenvalue weighted by Crippen LogP contribution is 2.19. The van der Waals surface area contributed by atoms with Crippen LogP contribution < -0.4 is 10.6 Å². The van der Waals surface area contributed by atoms with E-state index in [1.165, 1.54) is 31.2 Å². The molecule has 1 unspecified atom stereocenters. The predicted octanol–water partition coefficient (Wildman–Crippen LogP) is 1.20. The molecule has 0 aliphatic rings. The van der Waals surface area contributed by atoms with Crippen LogP contribution in [-0.4, -0.2) is 35.3 Å². The maximum absolute atomic E-state index is 12.8. The van der Waals surface area contributed by atoms with Gasteiger partial charge in [0.2, 0.25) is 0 Å². The fraction of sp³-hybridized carbons (Fsp3) is 0.429. The van der Waals surface area contributed by atoms with E-state index in [1.807, 2.05) is 0 Å². The zero-order valence-corrected chi connectivity index (χ0v) is 11.7. The second kappa shape index (κ2) is 7.58. The number of nitrogens with one attached hydrogen (secondary N) is 2. The molecule has 0 saturated carbocycles. The molecule has 0 spiro atoms. The van der Waals surface area contributed by atoms with Crippen LogP contribution in [0.15, 0.2) is 24.3 Å². The second-order valence-corrected chi connectivity index (χ2v) is 4.89. The van der Waals surface area contributed by atoms with E-state index < -0.39 is 23.4 Å². The van der Waals surface area contributed by atoms with E-state index >= 15 is 0 Å². The van der Waals surface area contributed by atoms with Gasteiger partial charge < -0.3 is 20.8 Å². The van der Waals surface area contributed by atoms with Crippen LogP contribution in [0.25, 0.3) is 0 Å². The molecule has 1 aromatic rings. The third kappa shape index (κ3) is 6.22. The van der Waals surface area contributed by atoms with Gasteiger partial charge >= 0.3 is 12.0 Å². The van der Waals surface area contributed by atoms with Crippen molar-refractivity contribution >= 4 is 12.0 Å². The highest BCUT2D eigenvalue weighted by molar-refractivity contribution is 5.74. The number of benzene rings is 1. The van der Waals surface area contributed by atoms with E-state index in [1.54, 1.807) is 0 Å². The van der Waals surface area contributed by atoms with Gasteiger partial charge in [-0.15, -0.1) is 0 Å². The molecule has 7 heteroatoms. The molecule has 21 heavy (non-hydrogen) atoms. The molecule has 116 valence electrons. The number of carbonyl (C=O) groups excluding carboxylic acids is 1. The molecule has 6 nitrogen and oxygen atoms in total. The molecule has 0 bridgehead atoms. The Morgan fingerprint density at radius 2 is 1.86 bits per heavy atom. The molecule has 1 rings (SSSR count). The molecule has 2 amide bonds.